The predicted molar refractivity (Wildman–Crippen MR) is 67.7 cm³/mol. The topological polar surface area (TPSA) is 23.5 Å². The summed E-state index contributed by atoms with van der Waals surface area (Å²) in [6.45, 7) is 1.62. The molecule has 0 amide bonds. The van der Waals surface area contributed by atoms with Gasteiger partial charge in [-0.15, -0.1) is 0 Å². The summed E-state index contributed by atoms with van der Waals surface area (Å²) < 4.78 is 13.8. The molecule has 0 aromatic heterocycles. The van der Waals surface area contributed by atoms with Crippen LogP contribution in [0, 0.1) is 5.82 Å². The van der Waals surface area contributed by atoms with Crippen molar-refractivity contribution in [3.05, 3.63) is 29.6 Å². The molecular weight excluding hydrogens is 217 g/mol. The average molecular weight is 237 g/mol. The predicted octanol–water partition coefficient (Wildman–Crippen LogP) is 3.26. The van der Waals surface area contributed by atoms with Gasteiger partial charge in [0.15, 0.2) is 0 Å². The molecule has 0 unspecified atom stereocenters. The van der Waals surface area contributed by atoms with E-state index in [2.05, 4.69) is 4.90 Å². The number of aliphatic hydroxyl groups excluding tert-OH is 1. The van der Waals surface area contributed by atoms with Crippen LogP contribution >= 0.6 is 0 Å². The lowest BCUT2D eigenvalue weighted by Gasteiger charge is -2.29. The van der Waals surface area contributed by atoms with Crippen LogP contribution in [-0.4, -0.2) is 18.2 Å². The molecule has 0 bridgehead atoms. The number of rotatable bonds is 3. The zero-order valence-corrected chi connectivity index (χ0v) is 10.5. The fraction of sp³-hybridized carbons (Fsp3) is 0.571. The lowest BCUT2D eigenvalue weighted by atomic mass is 10.0. The minimum absolute atomic E-state index is 0.317. The highest BCUT2D eigenvalue weighted by atomic mass is 19.1. The third-order valence-corrected chi connectivity index (χ3v) is 3.70. The number of hydrogen-bond donors (Lipinski definition) is 1. The summed E-state index contributed by atoms with van der Waals surface area (Å²) in [7, 11) is 2.00. The number of hydrogen-bond acceptors (Lipinski definition) is 2. The molecule has 2 nitrogen and oxygen atoms in total. The van der Waals surface area contributed by atoms with Gasteiger partial charge in [-0.05, 0) is 31.9 Å². The summed E-state index contributed by atoms with van der Waals surface area (Å²) in [5.41, 5.74) is 1.24. The second-order valence-corrected chi connectivity index (χ2v) is 4.90. The largest absolute Gasteiger partial charge is 0.389 e. The van der Waals surface area contributed by atoms with Crippen LogP contribution in [0.4, 0.5) is 10.1 Å². The van der Waals surface area contributed by atoms with E-state index >= 15 is 0 Å². The zero-order valence-electron chi connectivity index (χ0n) is 10.5. The average Bonchev–Trinajstić information content (AvgIpc) is 2.80. The van der Waals surface area contributed by atoms with E-state index in [-0.39, 0.29) is 5.82 Å². The molecular formula is C14H20FNO. The first kappa shape index (κ1) is 12.4. The van der Waals surface area contributed by atoms with Gasteiger partial charge in [-0.2, -0.15) is 0 Å². The van der Waals surface area contributed by atoms with Crippen molar-refractivity contribution in [2.45, 2.75) is 44.8 Å². The third kappa shape index (κ3) is 2.44. The van der Waals surface area contributed by atoms with Crippen LogP contribution in [-0.2, 0) is 0 Å². The van der Waals surface area contributed by atoms with Crippen molar-refractivity contribution in [3.63, 3.8) is 0 Å². The molecule has 1 aliphatic carbocycles. The molecule has 0 radical (unpaired) electrons. The highest BCUT2D eigenvalue weighted by Crippen LogP contribution is 2.33. The van der Waals surface area contributed by atoms with E-state index in [1.807, 2.05) is 13.1 Å². The molecule has 0 saturated heterocycles. The molecule has 17 heavy (non-hydrogen) atoms. The van der Waals surface area contributed by atoms with Crippen LogP contribution in [0.2, 0.25) is 0 Å². The van der Waals surface area contributed by atoms with Crippen LogP contribution in [0.1, 0.15) is 44.3 Å². The van der Waals surface area contributed by atoms with Gasteiger partial charge in [0, 0.05) is 24.3 Å². The quantitative estimate of drug-likeness (QED) is 0.872. The molecule has 1 atom stereocenters. The van der Waals surface area contributed by atoms with Gasteiger partial charge in [0.1, 0.15) is 5.82 Å². The molecule has 1 aromatic rings. The Bertz CT molecular complexity index is 386. The minimum Gasteiger partial charge on any atom is -0.389 e. The van der Waals surface area contributed by atoms with Crippen LogP contribution in [0.15, 0.2) is 18.2 Å². The van der Waals surface area contributed by atoms with Crippen LogP contribution in [0.5, 0.6) is 0 Å². The van der Waals surface area contributed by atoms with Gasteiger partial charge in [0.2, 0.25) is 0 Å². The van der Waals surface area contributed by atoms with Gasteiger partial charge < -0.3 is 10.0 Å². The Hall–Kier alpha value is -1.09. The number of nitrogens with zero attached hydrogens (tertiary/aromatic N) is 1. The number of anilines is 1. The number of aliphatic hydroxyl groups is 1. The molecule has 0 heterocycles. The molecule has 1 aromatic carbocycles. The van der Waals surface area contributed by atoms with Gasteiger partial charge in [0.25, 0.3) is 0 Å². The fourth-order valence-corrected chi connectivity index (χ4v) is 2.74. The van der Waals surface area contributed by atoms with Gasteiger partial charge >= 0.3 is 0 Å². The van der Waals surface area contributed by atoms with Crippen molar-refractivity contribution in [2.24, 2.45) is 0 Å². The monoisotopic (exact) mass is 237 g/mol. The Morgan fingerprint density at radius 3 is 2.59 bits per heavy atom. The second-order valence-electron chi connectivity index (χ2n) is 4.90. The first-order chi connectivity index (χ1) is 8.11. The summed E-state index contributed by atoms with van der Waals surface area (Å²) in [6.07, 6.45) is 4.04. The van der Waals surface area contributed by atoms with Crippen LogP contribution in [0.25, 0.3) is 0 Å². The van der Waals surface area contributed by atoms with Gasteiger partial charge in [0.05, 0.1) is 6.10 Å². The molecule has 1 fully saturated rings. The molecule has 0 aliphatic heterocycles. The fourth-order valence-electron chi connectivity index (χ4n) is 2.74. The smallest absolute Gasteiger partial charge is 0.131 e. The van der Waals surface area contributed by atoms with E-state index in [1.165, 1.54) is 18.9 Å². The van der Waals surface area contributed by atoms with E-state index in [1.54, 1.807) is 13.0 Å². The van der Waals surface area contributed by atoms with Gasteiger partial charge in [-0.1, -0.05) is 18.9 Å². The normalized spacial score (nSPS) is 18.4. The SMILES string of the molecule is C[C@@H](O)c1c(F)cccc1N(C)C1CCCC1. The van der Waals surface area contributed by atoms with Gasteiger partial charge in [-0.25, -0.2) is 4.39 Å². The highest BCUT2D eigenvalue weighted by Gasteiger charge is 2.23. The van der Waals surface area contributed by atoms with Crippen LogP contribution in [0.3, 0.4) is 0 Å². The third-order valence-electron chi connectivity index (χ3n) is 3.70. The molecule has 1 aliphatic rings. The first-order valence-corrected chi connectivity index (χ1v) is 6.30. The Morgan fingerprint density at radius 2 is 2.00 bits per heavy atom. The molecule has 1 saturated carbocycles. The van der Waals surface area contributed by atoms with E-state index in [4.69, 9.17) is 0 Å². The van der Waals surface area contributed by atoms with Crippen molar-refractivity contribution < 1.29 is 9.50 Å². The van der Waals surface area contributed by atoms with E-state index in [0.717, 1.165) is 18.5 Å². The molecule has 0 spiro atoms. The lowest BCUT2D eigenvalue weighted by Crippen LogP contribution is -2.30. The lowest BCUT2D eigenvalue weighted by molar-refractivity contribution is 0.194. The van der Waals surface area contributed by atoms with Gasteiger partial charge in [-0.3, -0.25) is 0 Å². The summed E-state index contributed by atoms with van der Waals surface area (Å²) in [4.78, 5) is 2.12. The number of benzene rings is 1. The highest BCUT2D eigenvalue weighted by molar-refractivity contribution is 5.55. The Morgan fingerprint density at radius 1 is 1.35 bits per heavy atom. The van der Waals surface area contributed by atoms with Crippen molar-refractivity contribution in [1.82, 2.24) is 0 Å². The van der Waals surface area contributed by atoms with Crippen LogP contribution < -0.4 is 4.90 Å². The summed E-state index contributed by atoms with van der Waals surface area (Å²) in [5.74, 6) is -0.317. The van der Waals surface area contributed by atoms with Crippen molar-refractivity contribution >= 4 is 5.69 Å². The molecule has 1 N–H and O–H groups in total. The summed E-state index contributed by atoms with van der Waals surface area (Å²) >= 11 is 0. The molecule has 2 rings (SSSR count). The first-order valence-electron chi connectivity index (χ1n) is 6.30. The maximum Gasteiger partial charge on any atom is 0.131 e. The Labute approximate surface area is 102 Å². The molecule has 94 valence electrons. The van der Waals surface area contributed by atoms with Crippen molar-refractivity contribution in [1.29, 1.82) is 0 Å². The molecule has 3 heteroatoms. The maximum absolute atomic E-state index is 13.8. The second kappa shape index (κ2) is 5.05. The van der Waals surface area contributed by atoms with Crippen molar-refractivity contribution in [2.75, 3.05) is 11.9 Å². The summed E-state index contributed by atoms with van der Waals surface area (Å²) in [6, 6.07) is 5.49. The minimum atomic E-state index is -0.768. The van der Waals surface area contributed by atoms with E-state index < -0.39 is 6.10 Å². The maximum atomic E-state index is 13.8. The standard InChI is InChI=1S/C14H20FNO/c1-10(17)14-12(15)8-5-9-13(14)16(2)11-6-3-4-7-11/h5,8-11,17H,3-4,6-7H2,1-2H3/t10-/m1/s1. The van der Waals surface area contributed by atoms with E-state index in [0.29, 0.717) is 11.6 Å². The Kier molecular flexibility index (Phi) is 3.67. The van der Waals surface area contributed by atoms with E-state index in [9.17, 15) is 9.50 Å². The Balaban J connectivity index is 2.33. The van der Waals surface area contributed by atoms with Crippen molar-refractivity contribution in [3.8, 4) is 0 Å². The zero-order chi connectivity index (χ0) is 12.4. The number of halogens is 1. The summed E-state index contributed by atoms with van der Waals surface area (Å²) in [5, 5.41) is 9.71.